The maximum atomic E-state index is 5.08. The van der Waals surface area contributed by atoms with Crippen LogP contribution in [0.2, 0.25) is 0 Å². The fourth-order valence-electron chi connectivity index (χ4n) is 4.68. The third-order valence-corrected chi connectivity index (χ3v) is 7.19. The average molecular weight is 713 g/mol. The van der Waals surface area contributed by atoms with Crippen LogP contribution in [0.1, 0.15) is 22.6 Å². The van der Waals surface area contributed by atoms with E-state index in [1.165, 1.54) is 11.3 Å². The van der Waals surface area contributed by atoms with Crippen molar-refractivity contribution in [2.75, 3.05) is 22.6 Å². The predicted octanol–water partition coefficient (Wildman–Crippen LogP) is 8.51. The van der Waals surface area contributed by atoms with Gasteiger partial charge in [-0.1, -0.05) is 66.7 Å². The number of benzene rings is 4. The molecule has 260 valence electrons. The lowest BCUT2D eigenvalue weighted by Crippen LogP contribution is -2.22. The fourth-order valence-corrected chi connectivity index (χ4v) is 4.68. The minimum absolute atomic E-state index is 0. The highest BCUT2D eigenvalue weighted by molar-refractivity contribution is 5.85. The van der Waals surface area contributed by atoms with E-state index in [1.54, 1.807) is 32.3 Å². The molecule has 3 heterocycles. The molecule has 0 radical (unpaired) electrons. The van der Waals surface area contributed by atoms with E-state index in [-0.39, 0.29) is 24.8 Å². The first-order valence-electron chi connectivity index (χ1n) is 15.7. The standard InChI is InChI=1S/C17H17N3.C11H13N3O.C10H11N3.2ClH/c1-3-7-15(8-4-1)12-20(13-16-11-18-14-19-16)17-9-5-2-6-10-17;1-15-11-4-2-9(3-5-11)13-7-10-6-12-8-14-10;1-2-4-9(5-3-1)12-7-10-6-11-8-13-10;;/h1-11,14H,12-13H2,(H,18,19);2-6,8,13H,7H2,1H3,(H,12,14);1-6,8,12H,7H2,(H,11,13);2*1H. The predicted molar refractivity (Wildman–Crippen MR) is 207 cm³/mol. The first-order chi connectivity index (χ1) is 23.7. The second kappa shape index (κ2) is 22.0. The molecule has 0 fully saturated rings. The van der Waals surface area contributed by atoms with Crippen molar-refractivity contribution in [3.63, 3.8) is 0 Å². The number of rotatable bonds is 12. The van der Waals surface area contributed by atoms with E-state index in [0.29, 0.717) is 0 Å². The van der Waals surface area contributed by atoms with Gasteiger partial charge < -0.3 is 35.2 Å². The SMILES string of the molecule is COc1ccc(NCc2cnc[nH]2)cc1.Cl.Cl.c1ccc(CN(Cc2cnc[nH]2)c2ccccc2)cc1.c1ccc(NCc2cnc[nH]2)cc1. The van der Waals surface area contributed by atoms with E-state index in [9.17, 15) is 0 Å². The summed E-state index contributed by atoms with van der Waals surface area (Å²) in [6.45, 7) is 3.22. The van der Waals surface area contributed by atoms with E-state index in [0.717, 1.165) is 60.4 Å². The Morgan fingerprint density at radius 3 is 1.48 bits per heavy atom. The summed E-state index contributed by atoms with van der Waals surface area (Å²) in [4.78, 5) is 23.6. The molecule has 0 aliphatic heterocycles. The zero-order valence-electron chi connectivity index (χ0n) is 27.8. The number of hydrogen-bond acceptors (Lipinski definition) is 7. The van der Waals surface area contributed by atoms with Crippen LogP contribution in [0.3, 0.4) is 0 Å². The summed E-state index contributed by atoms with van der Waals surface area (Å²) in [5, 5.41) is 6.55. The number of H-pyrrole nitrogens is 3. The topological polar surface area (TPSA) is 123 Å². The van der Waals surface area contributed by atoms with Crippen molar-refractivity contribution >= 4 is 41.9 Å². The molecule has 0 amide bonds. The molecule has 0 unspecified atom stereocenters. The molecule has 5 N–H and O–H groups in total. The normalized spacial score (nSPS) is 9.70. The lowest BCUT2D eigenvalue weighted by atomic mass is 10.2. The van der Waals surface area contributed by atoms with Gasteiger partial charge in [-0.3, -0.25) is 0 Å². The summed E-state index contributed by atoms with van der Waals surface area (Å²) in [7, 11) is 1.66. The summed E-state index contributed by atoms with van der Waals surface area (Å²) >= 11 is 0. The Bertz CT molecular complexity index is 1790. The van der Waals surface area contributed by atoms with Crippen LogP contribution in [-0.2, 0) is 26.2 Å². The smallest absolute Gasteiger partial charge is 0.119 e. The van der Waals surface area contributed by atoms with Gasteiger partial charge in [0.15, 0.2) is 0 Å². The zero-order valence-corrected chi connectivity index (χ0v) is 29.4. The van der Waals surface area contributed by atoms with Crippen LogP contribution in [0, 0.1) is 0 Å². The number of nitrogens with zero attached hydrogens (tertiary/aromatic N) is 4. The highest BCUT2D eigenvalue weighted by Crippen LogP contribution is 2.19. The number of nitrogens with one attached hydrogen (secondary N) is 5. The van der Waals surface area contributed by atoms with Gasteiger partial charge in [-0.2, -0.15) is 0 Å². The Morgan fingerprint density at radius 2 is 1.00 bits per heavy atom. The lowest BCUT2D eigenvalue weighted by molar-refractivity contribution is 0.415. The van der Waals surface area contributed by atoms with Gasteiger partial charge in [0.05, 0.1) is 62.8 Å². The zero-order chi connectivity index (χ0) is 33.1. The van der Waals surface area contributed by atoms with Crippen LogP contribution in [-0.4, -0.2) is 37.0 Å². The first kappa shape index (κ1) is 38.7. The molecular weight excluding hydrogens is 669 g/mol. The van der Waals surface area contributed by atoms with Crippen molar-refractivity contribution in [2.24, 2.45) is 0 Å². The molecular formula is C38H43Cl2N9O. The number of imidazole rings is 3. The average Bonchev–Trinajstić information content (AvgIpc) is 3.97. The molecule has 0 saturated heterocycles. The van der Waals surface area contributed by atoms with Crippen molar-refractivity contribution in [3.8, 4) is 5.75 Å². The fraction of sp³-hybridized carbons (Fsp3) is 0.132. The molecule has 0 bridgehead atoms. The highest BCUT2D eigenvalue weighted by Gasteiger charge is 2.09. The molecule has 50 heavy (non-hydrogen) atoms. The maximum Gasteiger partial charge on any atom is 0.119 e. The van der Waals surface area contributed by atoms with Crippen molar-refractivity contribution < 1.29 is 4.74 Å². The quantitative estimate of drug-likeness (QED) is 0.0861. The lowest BCUT2D eigenvalue weighted by Gasteiger charge is -2.24. The Hall–Kier alpha value is -5.71. The van der Waals surface area contributed by atoms with Gasteiger partial charge in [0, 0.05) is 42.2 Å². The summed E-state index contributed by atoms with van der Waals surface area (Å²) in [5.74, 6) is 0.863. The minimum Gasteiger partial charge on any atom is -0.497 e. The van der Waals surface area contributed by atoms with Crippen LogP contribution in [0.4, 0.5) is 17.1 Å². The molecule has 3 aromatic heterocycles. The minimum atomic E-state index is 0. The van der Waals surface area contributed by atoms with Gasteiger partial charge in [0.1, 0.15) is 5.75 Å². The van der Waals surface area contributed by atoms with E-state index in [4.69, 9.17) is 4.74 Å². The number of methoxy groups -OCH3 is 1. The molecule has 7 aromatic rings. The van der Waals surface area contributed by atoms with Gasteiger partial charge in [-0.05, 0) is 54.1 Å². The van der Waals surface area contributed by atoms with E-state index in [2.05, 4.69) is 94.0 Å². The van der Waals surface area contributed by atoms with Crippen LogP contribution in [0.5, 0.6) is 5.75 Å². The van der Waals surface area contributed by atoms with Gasteiger partial charge in [-0.25, -0.2) is 15.0 Å². The molecule has 0 aliphatic rings. The summed E-state index contributed by atoms with van der Waals surface area (Å²) in [5.41, 5.74) is 7.96. The third-order valence-electron chi connectivity index (χ3n) is 7.19. The van der Waals surface area contributed by atoms with Crippen LogP contribution in [0.25, 0.3) is 0 Å². The number of hydrogen-bond donors (Lipinski definition) is 5. The first-order valence-corrected chi connectivity index (χ1v) is 15.7. The molecule has 7 rings (SSSR count). The van der Waals surface area contributed by atoms with E-state index >= 15 is 0 Å². The largest absolute Gasteiger partial charge is 0.497 e. The second-order valence-electron chi connectivity index (χ2n) is 10.7. The summed E-state index contributed by atoms with van der Waals surface area (Å²) in [6, 6.07) is 38.9. The van der Waals surface area contributed by atoms with Gasteiger partial charge in [0.25, 0.3) is 0 Å². The molecule has 4 aromatic carbocycles. The molecule has 10 nitrogen and oxygen atoms in total. The van der Waals surface area contributed by atoms with Gasteiger partial charge >= 0.3 is 0 Å². The molecule has 0 aliphatic carbocycles. The Balaban J connectivity index is 0.000000204. The summed E-state index contributed by atoms with van der Waals surface area (Å²) in [6.07, 6.45) is 10.6. The number of para-hydroxylation sites is 2. The van der Waals surface area contributed by atoms with Crippen molar-refractivity contribution in [3.05, 3.63) is 175 Å². The second-order valence-corrected chi connectivity index (χ2v) is 10.7. The van der Waals surface area contributed by atoms with E-state index < -0.39 is 0 Å². The highest BCUT2D eigenvalue weighted by atomic mass is 35.5. The number of aromatic nitrogens is 6. The van der Waals surface area contributed by atoms with Crippen molar-refractivity contribution in [1.82, 2.24) is 29.9 Å². The van der Waals surface area contributed by atoms with Crippen molar-refractivity contribution in [1.29, 1.82) is 0 Å². The Morgan fingerprint density at radius 1 is 0.540 bits per heavy atom. The van der Waals surface area contributed by atoms with Gasteiger partial charge in [-0.15, -0.1) is 24.8 Å². The third kappa shape index (κ3) is 13.4. The maximum absolute atomic E-state index is 5.08. The monoisotopic (exact) mass is 711 g/mol. The van der Waals surface area contributed by atoms with E-state index in [1.807, 2.05) is 79.1 Å². The molecule has 12 heteroatoms. The molecule has 0 spiro atoms. The van der Waals surface area contributed by atoms with Crippen LogP contribution in [0.15, 0.2) is 153 Å². The van der Waals surface area contributed by atoms with Gasteiger partial charge in [0.2, 0.25) is 0 Å². The van der Waals surface area contributed by atoms with Crippen LogP contribution >= 0.6 is 24.8 Å². The number of aromatic amines is 3. The number of ether oxygens (including phenoxy) is 1. The van der Waals surface area contributed by atoms with Crippen molar-refractivity contribution in [2.45, 2.75) is 26.2 Å². The van der Waals surface area contributed by atoms with Crippen LogP contribution < -0.4 is 20.3 Å². The Labute approximate surface area is 305 Å². The molecule has 0 atom stereocenters. The Kier molecular flexibility index (Phi) is 17.1. The summed E-state index contributed by atoms with van der Waals surface area (Å²) < 4.78 is 5.08. The number of anilines is 3. The molecule has 0 saturated carbocycles. The number of halogens is 2.